The van der Waals surface area contributed by atoms with Crippen molar-refractivity contribution in [3.05, 3.63) is 65.7 Å². The number of aryl methyl sites for hydroxylation is 1. The Morgan fingerprint density at radius 2 is 1.91 bits per heavy atom. The fourth-order valence-electron chi connectivity index (χ4n) is 2.72. The van der Waals surface area contributed by atoms with Crippen molar-refractivity contribution in [2.75, 3.05) is 11.4 Å². The second-order valence-electron chi connectivity index (χ2n) is 5.58. The largest absolute Gasteiger partial charge is 0.347 e. The van der Waals surface area contributed by atoms with E-state index in [0.717, 1.165) is 11.3 Å². The van der Waals surface area contributed by atoms with Crippen molar-refractivity contribution in [3.63, 3.8) is 0 Å². The van der Waals surface area contributed by atoms with Crippen LogP contribution in [0.1, 0.15) is 22.3 Å². The van der Waals surface area contributed by atoms with Gasteiger partial charge in [-0.15, -0.1) is 0 Å². The van der Waals surface area contributed by atoms with Gasteiger partial charge in [0.1, 0.15) is 0 Å². The van der Waals surface area contributed by atoms with Crippen LogP contribution in [0, 0.1) is 6.92 Å². The van der Waals surface area contributed by atoms with E-state index in [0.29, 0.717) is 18.5 Å². The van der Waals surface area contributed by atoms with E-state index < -0.39 is 0 Å². The fourth-order valence-corrected chi connectivity index (χ4v) is 2.72. The lowest BCUT2D eigenvalue weighted by atomic mass is 10.1. The predicted octanol–water partition coefficient (Wildman–Crippen LogP) is 2.53. The summed E-state index contributed by atoms with van der Waals surface area (Å²) in [4.78, 5) is 26.1. The first-order chi connectivity index (χ1) is 10.6. The van der Waals surface area contributed by atoms with Crippen LogP contribution in [0.2, 0.25) is 0 Å². The topological polar surface area (TPSA) is 49.4 Å². The van der Waals surface area contributed by atoms with Gasteiger partial charge in [0, 0.05) is 24.2 Å². The first-order valence-corrected chi connectivity index (χ1v) is 7.36. The number of anilines is 1. The Hall–Kier alpha value is -2.62. The number of para-hydroxylation sites is 1. The number of carbonyl (C=O) groups is 2. The van der Waals surface area contributed by atoms with E-state index in [1.165, 1.54) is 0 Å². The van der Waals surface area contributed by atoms with Crippen molar-refractivity contribution in [2.24, 2.45) is 0 Å². The van der Waals surface area contributed by atoms with Gasteiger partial charge in [0.2, 0.25) is 5.91 Å². The zero-order valence-corrected chi connectivity index (χ0v) is 12.5. The number of amides is 2. The summed E-state index contributed by atoms with van der Waals surface area (Å²) in [7, 11) is 0. The van der Waals surface area contributed by atoms with E-state index in [9.17, 15) is 9.59 Å². The highest BCUT2D eigenvalue weighted by Gasteiger charge is 2.31. The maximum absolute atomic E-state index is 12.3. The molecule has 3 rings (SSSR count). The van der Waals surface area contributed by atoms with Crippen LogP contribution in [0.4, 0.5) is 5.69 Å². The molecule has 2 aromatic rings. The third-order valence-electron chi connectivity index (χ3n) is 3.81. The number of benzene rings is 2. The number of nitrogens with one attached hydrogen (secondary N) is 1. The Balaban J connectivity index is 1.68. The summed E-state index contributed by atoms with van der Waals surface area (Å²) in [5.41, 5.74) is 2.55. The summed E-state index contributed by atoms with van der Waals surface area (Å²) in [5.74, 6) is -0.0860. The molecule has 0 spiro atoms. The number of carbonyl (C=O) groups excluding carboxylic acids is 2. The van der Waals surface area contributed by atoms with E-state index in [-0.39, 0.29) is 17.9 Å². The highest BCUT2D eigenvalue weighted by Crippen LogP contribution is 2.21. The van der Waals surface area contributed by atoms with E-state index >= 15 is 0 Å². The lowest BCUT2D eigenvalue weighted by molar-refractivity contribution is -0.117. The highest BCUT2D eigenvalue weighted by molar-refractivity contribution is 5.99. The van der Waals surface area contributed by atoms with Crippen LogP contribution in [-0.4, -0.2) is 24.4 Å². The zero-order valence-electron chi connectivity index (χ0n) is 12.5. The minimum absolute atomic E-state index is 0.0424. The summed E-state index contributed by atoms with van der Waals surface area (Å²) >= 11 is 0. The smallest absolute Gasteiger partial charge is 0.251 e. The Labute approximate surface area is 129 Å². The second kappa shape index (κ2) is 6.02. The van der Waals surface area contributed by atoms with Crippen LogP contribution >= 0.6 is 0 Å². The molecule has 1 fully saturated rings. The number of nitrogens with zero attached hydrogens (tertiary/aromatic N) is 1. The Kier molecular flexibility index (Phi) is 3.92. The van der Waals surface area contributed by atoms with Gasteiger partial charge in [-0.3, -0.25) is 9.59 Å². The summed E-state index contributed by atoms with van der Waals surface area (Å²) in [5, 5.41) is 2.95. The average Bonchev–Trinajstić information content (AvgIpc) is 2.88. The molecule has 1 N–H and O–H groups in total. The van der Waals surface area contributed by atoms with Crippen LogP contribution in [0.25, 0.3) is 0 Å². The molecule has 0 aromatic heterocycles. The average molecular weight is 294 g/mol. The monoisotopic (exact) mass is 294 g/mol. The molecule has 0 aliphatic carbocycles. The zero-order chi connectivity index (χ0) is 15.5. The first-order valence-electron chi connectivity index (χ1n) is 7.36. The van der Waals surface area contributed by atoms with Crippen molar-refractivity contribution in [3.8, 4) is 0 Å². The van der Waals surface area contributed by atoms with E-state index in [2.05, 4.69) is 5.32 Å². The van der Waals surface area contributed by atoms with Crippen LogP contribution < -0.4 is 10.2 Å². The summed E-state index contributed by atoms with van der Waals surface area (Å²) in [6.07, 6.45) is 0.340. The molecule has 22 heavy (non-hydrogen) atoms. The Morgan fingerprint density at radius 3 is 2.64 bits per heavy atom. The second-order valence-corrected chi connectivity index (χ2v) is 5.58. The molecule has 1 atom stereocenters. The van der Waals surface area contributed by atoms with Gasteiger partial charge in [0.25, 0.3) is 5.91 Å². The maximum Gasteiger partial charge on any atom is 0.251 e. The molecule has 112 valence electrons. The van der Waals surface area contributed by atoms with Crippen molar-refractivity contribution in [2.45, 2.75) is 19.4 Å². The molecular formula is C18H18N2O2. The van der Waals surface area contributed by atoms with E-state index in [4.69, 9.17) is 0 Å². The normalized spacial score (nSPS) is 17.6. The van der Waals surface area contributed by atoms with Gasteiger partial charge in [0.05, 0.1) is 6.04 Å². The van der Waals surface area contributed by atoms with Gasteiger partial charge in [-0.2, -0.15) is 0 Å². The van der Waals surface area contributed by atoms with Crippen LogP contribution in [-0.2, 0) is 4.79 Å². The molecular weight excluding hydrogens is 276 g/mol. The van der Waals surface area contributed by atoms with Crippen molar-refractivity contribution >= 4 is 17.5 Å². The molecule has 1 aliphatic heterocycles. The van der Waals surface area contributed by atoms with E-state index in [1.54, 1.807) is 11.0 Å². The van der Waals surface area contributed by atoms with Gasteiger partial charge in [-0.25, -0.2) is 0 Å². The van der Waals surface area contributed by atoms with Crippen molar-refractivity contribution < 1.29 is 9.59 Å². The number of hydrogen-bond donors (Lipinski definition) is 1. The third-order valence-corrected chi connectivity index (χ3v) is 3.81. The molecule has 4 heteroatoms. The predicted molar refractivity (Wildman–Crippen MR) is 85.8 cm³/mol. The summed E-state index contributed by atoms with van der Waals surface area (Å²) < 4.78 is 0. The molecule has 1 saturated heterocycles. The molecule has 1 aliphatic rings. The van der Waals surface area contributed by atoms with Crippen molar-refractivity contribution in [1.29, 1.82) is 0 Å². The van der Waals surface area contributed by atoms with Gasteiger partial charge < -0.3 is 10.2 Å². The third kappa shape index (κ3) is 3.01. The minimum Gasteiger partial charge on any atom is -0.347 e. The van der Waals surface area contributed by atoms with E-state index in [1.807, 2.05) is 55.5 Å². The molecule has 4 nitrogen and oxygen atoms in total. The molecule has 0 saturated carbocycles. The Morgan fingerprint density at radius 1 is 1.14 bits per heavy atom. The summed E-state index contributed by atoms with van der Waals surface area (Å²) in [6, 6.07) is 16.8. The number of rotatable bonds is 3. The molecule has 1 heterocycles. The molecule has 0 radical (unpaired) electrons. The Bertz CT molecular complexity index is 697. The molecule has 1 unspecified atom stereocenters. The number of hydrogen-bond acceptors (Lipinski definition) is 2. The van der Waals surface area contributed by atoms with Crippen LogP contribution in [0.15, 0.2) is 54.6 Å². The lowest BCUT2D eigenvalue weighted by Gasteiger charge is -2.17. The molecule has 2 aromatic carbocycles. The van der Waals surface area contributed by atoms with Gasteiger partial charge in [-0.05, 0) is 31.2 Å². The SMILES string of the molecule is Cc1cccc(C(=O)NC2CC(=O)N(c3ccccc3)C2)c1. The maximum atomic E-state index is 12.3. The summed E-state index contributed by atoms with van der Waals surface area (Å²) in [6.45, 7) is 2.47. The first kappa shape index (κ1) is 14.3. The van der Waals surface area contributed by atoms with Crippen LogP contribution in [0.5, 0.6) is 0 Å². The standard InChI is InChI=1S/C18H18N2O2/c1-13-6-5-7-14(10-13)18(22)19-15-11-17(21)20(12-15)16-8-3-2-4-9-16/h2-10,15H,11-12H2,1H3,(H,19,22). The van der Waals surface area contributed by atoms with Gasteiger partial charge in [-0.1, -0.05) is 35.9 Å². The molecule has 2 amide bonds. The molecule has 0 bridgehead atoms. The van der Waals surface area contributed by atoms with Crippen LogP contribution in [0.3, 0.4) is 0 Å². The fraction of sp³-hybridized carbons (Fsp3) is 0.222. The minimum atomic E-state index is -0.152. The van der Waals surface area contributed by atoms with Gasteiger partial charge >= 0.3 is 0 Å². The lowest BCUT2D eigenvalue weighted by Crippen LogP contribution is -2.37. The van der Waals surface area contributed by atoms with Crippen molar-refractivity contribution in [1.82, 2.24) is 5.32 Å². The van der Waals surface area contributed by atoms with Gasteiger partial charge in [0.15, 0.2) is 0 Å². The quantitative estimate of drug-likeness (QED) is 0.945. The highest BCUT2D eigenvalue weighted by atomic mass is 16.2.